The van der Waals surface area contributed by atoms with Crippen molar-refractivity contribution in [2.45, 2.75) is 19.9 Å². The maximum atomic E-state index is 11.3. The molecule has 1 aliphatic rings. The van der Waals surface area contributed by atoms with E-state index in [9.17, 15) is 4.79 Å². The largest absolute Gasteiger partial charge is 0.351 e. The molecule has 4 aromatic rings. The van der Waals surface area contributed by atoms with Crippen molar-refractivity contribution in [2.75, 3.05) is 26.2 Å². The number of aryl methyl sites for hydroxylation is 1. The van der Waals surface area contributed by atoms with E-state index in [2.05, 4.69) is 31.1 Å². The molecule has 0 radical (unpaired) electrons. The number of rotatable bonds is 5. The number of benzene rings is 1. The van der Waals surface area contributed by atoms with Gasteiger partial charge in [0, 0.05) is 56.6 Å². The number of imidazole rings is 1. The molecule has 3 N–H and O–H groups in total. The van der Waals surface area contributed by atoms with E-state index in [4.69, 9.17) is 15.2 Å². The zero-order valence-electron chi connectivity index (χ0n) is 17.8. The van der Waals surface area contributed by atoms with E-state index in [0.717, 1.165) is 47.7 Å². The molecule has 1 saturated heterocycles. The predicted octanol–water partition coefficient (Wildman–Crippen LogP) is 2.10. The second-order valence-electron chi connectivity index (χ2n) is 8.00. The zero-order valence-corrected chi connectivity index (χ0v) is 17.8. The van der Waals surface area contributed by atoms with Crippen LogP contribution in [0.25, 0.3) is 22.5 Å². The first-order valence-electron chi connectivity index (χ1n) is 10.5. The van der Waals surface area contributed by atoms with E-state index in [1.54, 1.807) is 11.8 Å². The minimum absolute atomic E-state index is 0.346. The molecule has 1 aliphatic heterocycles. The average Bonchev–Trinajstić information content (AvgIpc) is 3.39. The number of primary amides is 1. The molecule has 0 spiro atoms. The molecule has 32 heavy (non-hydrogen) atoms. The number of hydrogen-bond donors (Lipinski definition) is 2. The summed E-state index contributed by atoms with van der Waals surface area (Å²) in [5, 5.41) is 3.85. The van der Waals surface area contributed by atoms with Crippen LogP contribution < -0.4 is 5.73 Å². The molecular weight excluding hydrogens is 408 g/mol. The van der Waals surface area contributed by atoms with Crippen molar-refractivity contribution >= 4 is 17.1 Å². The lowest BCUT2D eigenvalue weighted by atomic mass is 10.1. The van der Waals surface area contributed by atoms with E-state index in [1.807, 2.05) is 30.5 Å². The van der Waals surface area contributed by atoms with Gasteiger partial charge in [0.15, 0.2) is 5.82 Å². The van der Waals surface area contributed by atoms with Crippen molar-refractivity contribution in [3.8, 4) is 11.5 Å². The number of fused-ring (bicyclic) bond motifs is 1. The van der Waals surface area contributed by atoms with Crippen LogP contribution in [0.15, 0.2) is 41.1 Å². The molecule has 5 rings (SSSR count). The molecule has 0 aliphatic carbocycles. The first-order valence-corrected chi connectivity index (χ1v) is 10.5. The standard InChI is InChI=1S/C22H24N8O2/c1-14-25-21(32-28-14)16-2-3-18-19(11-16)27-20(26-18)12-17-10-15(4-5-24-17)13-29-6-8-30(9-7-29)22(23)31/h2-5,10-11H,6-9,12-13H2,1H3,(H2,23,31)(H,26,27). The topological polar surface area (TPSA) is 130 Å². The van der Waals surface area contributed by atoms with Crippen LogP contribution in [0, 0.1) is 6.92 Å². The van der Waals surface area contributed by atoms with Gasteiger partial charge < -0.3 is 20.1 Å². The first kappa shape index (κ1) is 20.1. The monoisotopic (exact) mass is 432 g/mol. The fourth-order valence-electron chi connectivity index (χ4n) is 3.97. The summed E-state index contributed by atoms with van der Waals surface area (Å²) in [5.41, 5.74) is 10.1. The second-order valence-corrected chi connectivity index (χ2v) is 8.00. The molecule has 0 unspecified atom stereocenters. The van der Waals surface area contributed by atoms with Crippen molar-refractivity contribution in [2.24, 2.45) is 5.73 Å². The Morgan fingerprint density at radius 1 is 1.16 bits per heavy atom. The molecule has 164 valence electrons. The predicted molar refractivity (Wildman–Crippen MR) is 118 cm³/mol. The Kier molecular flexibility index (Phi) is 5.28. The number of nitrogens with one attached hydrogen (secondary N) is 1. The highest BCUT2D eigenvalue weighted by Crippen LogP contribution is 2.22. The van der Waals surface area contributed by atoms with Gasteiger partial charge in [-0.15, -0.1) is 0 Å². The van der Waals surface area contributed by atoms with Crippen LogP contribution in [-0.4, -0.2) is 67.1 Å². The average molecular weight is 432 g/mol. The summed E-state index contributed by atoms with van der Waals surface area (Å²) in [4.78, 5) is 32.2. The van der Waals surface area contributed by atoms with Crippen molar-refractivity contribution in [1.29, 1.82) is 0 Å². The van der Waals surface area contributed by atoms with Gasteiger partial charge in [-0.2, -0.15) is 4.98 Å². The third-order valence-corrected chi connectivity index (χ3v) is 5.63. The van der Waals surface area contributed by atoms with Gasteiger partial charge in [-0.3, -0.25) is 9.88 Å². The van der Waals surface area contributed by atoms with Gasteiger partial charge in [-0.1, -0.05) is 5.16 Å². The minimum Gasteiger partial charge on any atom is -0.351 e. The maximum absolute atomic E-state index is 11.3. The van der Waals surface area contributed by atoms with Crippen LogP contribution in [0.1, 0.15) is 22.9 Å². The summed E-state index contributed by atoms with van der Waals surface area (Å²) in [5.74, 6) is 1.94. The van der Waals surface area contributed by atoms with Crippen LogP contribution in [0.3, 0.4) is 0 Å². The van der Waals surface area contributed by atoms with Crippen molar-refractivity contribution in [3.63, 3.8) is 0 Å². The normalized spacial score (nSPS) is 14.8. The lowest BCUT2D eigenvalue weighted by molar-refractivity contribution is 0.140. The van der Waals surface area contributed by atoms with E-state index in [1.165, 1.54) is 5.56 Å². The van der Waals surface area contributed by atoms with Gasteiger partial charge in [0.25, 0.3) is 5.89 Å². The number of piperazine rings is 1. The Bertz CT molecular complexity index is 1260. The number of pyridine rings is 1. The number of urea groups is 1. The van der Waals surface area contributed by atoms with E-state index in [0.29, 0.717) is 31.2 Å². The molecule has 3 aromatic heterocycles. The minimum atomic E-state index is -0.346. The molecule has 0 saturated carbocycles. The Morgan fingerprint density at radius 3 is 2.75 bits per heavy atom. The van der Waals surface area contributed by atoms with E-state index >= 15 is 0 Å². The molecule has 1 fully saturated rings. The highest BCUT2D eigenvalue weighted by atomic mass is 16.5. The number of nitrogens with zero attached hydrogens (tertiary/aromatic N) is 6. The van der Waals surface area contributed by atoms with Gasteiger partial charge in [-0.05, 0) is 42.8 Å². The van der Waals surface area contributed by atoms with Crippen LogP contribution in [-0.2, 0) is 13.0 Å². The lowest BCUT2D eigenvalue weighted by Crippen LogP contribution is -2.50. The first-order chi connectivity index (χ1) is 15.5. The number of H-pyrrole nitrogens is 1. The Hall–Kier alpha value is -3.79. The molecule has 10 heteroatoms. The smallest absolute Gasteiger partial charge is 0.314 e. The third-order valence-electron chi connectivity index (χ3n) is 5.63. The van der Waals surface area contributed by atoms with Crippen molar-refractivity contribution in [3.05, 3.63) is 59.4 Å². The lowest BCUT2D eigenvalue weighted by Gasteiger charge is -2.33. The van der Waals surface area contributed by atoms with Crippen LogP contribution in [0.4, 0.5) is 4.79 Å². The zero-order chi connectivity index (χ0) is 22.1. The number of nitrogens with two attached hydrogens (primary N) is 1. The van der Waals surface area contributed by atoms with Gasteiger partial charge in [-0.25, -0.2) is 9.78 Å². The summed E-state index contributed by atoms with van der Waals surface area (Å²) in [6.45, 7) is 5.56. The summed E-state index contributed by atoms with van der Waals surface area (Å²) in [7, 11) is 0. The van der Waals surface area contributed by atoms with E-state index < -0.39 is 0 Å². The highest BCUT2D eigenvalue weighted by Gasteiger charge is 2.19. The summed E-state index contributed by atoms with van der Waals surface area (Å²) < 4.78 is 5.26. The highest BCUT2D eigenvalue weighted by molar-refractivity contribution is 5.80. The summed E-state index contributed by atoms with van der Waals surface area (Å²) >= 11 is 0. The molecule has 1 aromatic carbocycles. The van der Waals surface area contributed by atoms with Crippen LogP contribution in [0.5, 0.6) is 0 Å². The molecule has 2 amide bonds. The number of amides is 2. The van der Waals surface area contributed by atoms with Gasteiger partial charge >= 0.3 is 6.03 Å². The number of hydrogen-bond acceptors (Lipinski definition) is 7. The summed E-state index contributed by atoms with van der Waals surface area (Å²) in [6.07, 6.45) is 2.44. The van der Waals surface area contributed by atoms with Gasteiger partial charge in [0.2, 0.25) is 0 Å². The molecule has 10 nitrogen and oxygen atoms in total. The van der Waals surface area contributed by atoms with Crippen molar-refractivity contribution in [1.82, 2.24) is 34.9 Å². The Balaban J connectivity index is 1.27. The number of aromatic amines is 1. The number of carbonyl (C=O) groups is 1. The third kappa shape index (κ3) is 4.30. The van der Waals surface area contributed by atoms with Gasteiger partial charge in [0.1, 0.15) is 5.82 Å². The molecule has 4 heterocycles. The second kappa shape index (κ2) is 8.39. The fourth-order valence-corrected chi connectivity index (χ4v) is 3.97. The molecular formula is C22H24N8O2. The molecule has 0 atom stereocenters. The van der Waals surface area contributed by atoms with Gasteiger partial charge in [0.05, 0.1) is 11.0 Å². The summed E-state index contributed by atoms with van der Waals surface area (Å²) in [6, 6.07) is 9.63. The maximum Gasteiger partial charge on any atom is 0.314 e. The van der Waals surface area contributed by atoms with Crippen molar-refractivity contribution < 1.29 is 9.32 Å². The quantitative estimate of drug-likeness (QED) is 0.494. The van der Waals surface area contributed by atoms with E-state index in [-0.39, 0.29) is 6.03 Å². The van der Waals surface area contributed by atoms with Crippen LogP contribution in [0.2, 0.25) is 0 Å². The number of aromatic nitrogens is 5. The number of carbonyl (C=O) groups excluding carboxylic acids is 1. The molecule has 0 bridgehead atoms. The van der Waals surface area contributed by atoms with Crippen LogP contribution >= 0.6 is 0 Å². The SMILES string of the molecule is Cc1noc(-c2ccc3nc(Cc4cc(CN5CCN(C(N)=O)CC5)ccn4)[nH]c3c2)n1. The Labute approximate surface area is 184 Å². The Morgan fingerprint density at radius 2 is 2.00 bits per heavy atom. The fraction of sp³-hybridized carbons (Fsp3) is 0.318.